The van der Waals surface area contributed by atoms with Crippen molar-refractivity contribution in [2.45, 2.75) is 19.4 Å². The highest BCUT2D eigenvalue weighted by Crippen LogP contribution is 2.31. The van der Waals surface area contributed by atoms with Crippen LogP contribution < -0.4 is 0 Å². The van der Waals surface area contributed by atoms with Crippen LogP contribution >= 0.6 is 0 Å². The van der Waals surface area contributed by atoms with Crippen LogP contribution in [0.2, 0.25) is 0 Å². The van der Waals surface area contributed by atoms with E-state index in [0.717, 1.165) is 16.7 Å². The number of benzene rings is 2. The number of rotatable bonds is 2. The number of nitrogens with zero attached hydrogens (tertiary/aromatic N) is 2. The van der Waals surface area contributed by atoms with Gasteiger partial charge < -0.3 is 9.42 Å². The highest BCUT2D eigenvalue weighted by atomic mass is 19.1. The number of hydrogen-bond acceptors (Lipinski definition) is 3. The molecule has 1 aliphatic rings. The molecule has 2 heterocycles. The lowest BCUT2D eigenvalue weighted by atomic mass is 9.93. The van der Waals surface area contributed by atoms with Gasteiger partial charge >= 0.3 is 0 Å². The second-order valence-electron chi connectivity index (χ2n) is 6.21. The van der Waals surface area contributed by atoms with Gasteiger partial charge in [-0.1, -0.05) is 41.6 Å². The molecule has 1 amide bonds. The van der Waals surface area contributed by atoms with E-state index >= 15 is 0 Å². The van der Waals surface area contributed by atoms with Gasteiger partial charge in [0, 0.05) is 18.2 Å². The summed E-state index contributed by atoms with van der Waals surface area (Å²) in [5, 5.41) is 4.00. The Morgan fingerprint density at radius 2 is 2.00 bits per heavy atom. The molecule has 0 spiro atoms. The van der Waals surface area contributed by atoms with E-state index < -0.39 is 0 Å². The summed E-state index contributed by atoms with van der Waals surface area (Å²) in [6, 6.07) is 15.8. The quantitative estimate of drug-likeness (QED) is 0.703. The molecular weight excluding hydrogens is 319 g/mol. The molecular formula is C20H17FN2O2. The number of amides is 1. The zero-order chi connectivity index (χ0) is 17.4. The van der Waals surface area contributed by atoms with Crippen molar-refractivity contribution < 1.29 is 13.7 Å². The van der Waals surface area contributed by atoms with Crippen LogP contribution in [0.3, 0.4) is 0 Å². The summed E-state index contributed by atoms with van der Waals surface area (Å²) in [7, 11) is 0. The Morgan fingerprint density at radius 3 is 2.80 bits per heavy atom. The highest BCUT2D eigenvalue weighted by molar-refractivity contribution is 5.93. The van der Waals surface area contributed by atoms with Crippen LogP contribution in [0.25, 0.3) is 11.3 Å². The van der Waals surface area contributed by atoms with Gasteiger partial charge in [0.15, 0.2) is 0 Å². The lowest BCUT2D eigenvalue weighted by Gasteiger charge is -2.34. The Hall–Kier alpha value is -2.95. The van der Waals surface area contributed by atoms with Crippen molar-refractivity contribution in [2.24, 2.45) is 0 Å². The van der Waals surface area contributed by atoms with Crippen molar-refractivity contribution in [1.29, 1.82) is 0 Å². The molecule has 0 fully saturated rings. The van der Waals surface area contributed by atoms with Crippen LogP contribution in [0, 0.1) is 5.82 Å². The molecule has 4 nitrogen and oxygen atoms in total. The predicted octanol–water partition coefficient (Wildman–Crippen LogP) is 4.24. The van der Waals surface area contributed by atoms with E-state index in [0.29, 0.717) is 18.7 Å². The molecule has 3 aromatic rings. The first-order valence-corrected chi connectivity index (χ1v) is 8.25. The van der Waals surface area contributed by atoms with Gasteiger partial charge in [0.2, 0.25) is 5.76 Å². The van der Waals surface area contributed by atoms with Crippen molar-refractivity contribution >= 4 is 5.91 Å². The second-order valence-corrected chi connectivity index (χ2v) is 6.21. The molecule has 4 rings (SSSR count). The van der Waals surface area contributed by atoms with E-state index in [1.54, 1.807) is 17.0 Å². The molecule has 0 radical (unpaired) electrons. The maximum atomic E-state index is 13.6. The van der Waals surface area contributed by atoms with Gasteiger partial charge in [-0.25, -0.2) is 4.39 Å². The standard InChI is InChI=1S/C20H17FN2O2/c1-13-17-11-16(21)8-7-14(17)9-10-23(13)20(24)19-12-18(22-25-19)15-5-3-2-4-6-15/h2-8,11-13H,9-10H2,1H3. The highest BCUT2D eigenvalue weighted by Gasteiger charge is 2.30. The van der Waals surface area contributed by atoms with Crippen LogP contribution in [-0.2, 0) is 6.42 Å². The lowest BCUT2D eigenvalue weighted by Crippen LogP contribution is -2.38. The van der Waals surface area contributed by atoms with Gasteiger partial charge in [-0.3, -0.25) is 4.79 Å². The number of carbonyl (C=O) groups excluding carboxylic acids is 1. The smallest absolute Gasteiger partial charge is 0.292 e. The van der Waals surface area contributed by atoms with Gasteiger partial charge in [-0.05, 0) is 36.6 Å². The average Bonchev–Trinajstić information content (AvgIpc) is 3.13. The van der Waals surface area contributed by atoms with Crippen LogP contribution in [0.15, 0.2) is 59.1 Å². The van der Waals surface area contributed by atoms with Crippen molar-refractivity contribution in [2.75, 3.05) is 6.54 Å². The fraction of sp³-hybridized carbons (Fsp3) is 0.200. The maximum absolute atomic E-state index is 13.6. The third-order valence-corrected chi connectivity index (χ3v) is 4.70. The molecule has 5 heteroatoms. The lowest BCUT2D eigenvalue weighted by molar-refractivity contribution is 0.0634. The first-order chi connectivity index (χ1) is 12.1. The summed E-state index contributed by atoms with van der Waals surface area (Å²) < 4.78 is 18.9. The third kappa shape index (κ3) is 2.82. The van der Waals surface area contributed by atoms with E-state index in [4.69, 9.17) is 4.52 Å². The number of aromatic nitrogens is 1. The Balaban J connectivity index is 1.61. The van der Waals surface area contributed by atoms with Gasteiger partial charge in [0.1, 0.15) is 11.5 Å². The summed E-state index contributed by atoms with van der Waals surface area (Å²) in [5.74, 6) is -0.312. The maximum Gasteiger partial charge on any atom is 0.292 e. The SMILES string of the molecule is CC1c2cc(F)ccc2CCN1C(=O)c1cc(-c2ccccc2)no1. The van der Waals surface area contributed by atoms with Crippen LogP contribution in [-0.4, -0.2) is 22.5 Å². The normalized spacial score (nSPS) is 16.6. The first kappa shape index (κ1) is 15.6. The molecule has 1 atom stereocenters. The van der Waals surface area contributed by atoms with Gasteiger partial charge in [0.25, 0.3) is 5.91 Å². The molecule has 1 aromatic heterocycles. The first-order valence-electron chi connectivity index (χ1n) is 8.25. The largest absolute Gasteiger partial charge is 0.350 e. The van der Waals surface area contributed by atoms with E-state index in [1.165, 1.54) is 12.1 Å². The van der Waals surface area contributed by atoms with Crippen molar-refractivity contribution in [3.63, 3.8) is 0 Å². The third-order valence-electron chi connectivity index (χ3n) is 4.70. The monoisotopic (exact) mass is 336 g/mol. The Bertz CT molecular complexity index is 920. The molecule has 0 N–H and O–H groups in total. The Labute approximate surface area is 144 Å². The average molecular weight is 336 g/mol. The van der Waals surface area contributed by atoms with Crippen molar-refractivity contribution in [3.05, 3.63) is 77.3 Å². The van der Waals surface area contributed by atoms with E-state index in [-0.39, 0.29) is 23.5 Å². The summed E-state index contributed by atoms with van der Waals surface area (Å²) in [6.45, 7) is 2.48. The zero-order valence-corrected chi connectivity index (χ0v) is 13.8. The Morgan fingerprint density at radius 1 is 1.20 bits per heavy atom. The van der Waals surface area contributed by atoms with Crippen LogP contribution in [0.5, 0.6) is 0 Å². The predicted molar refractivity (Wildman–Crippen MR) is 91.5 cm³/mol. The molecule has 126 valence electrons. The topological polar surface area (TPSA) is 46.3 Å². The van der Waals surface area contributed by atoms with Gasteiger partial charge in [-0.2, -0.15) is 0 Å². The minimum atomic E-state index is -0.286. The van der Waals surface area contributed by atoms with Crippen molar-refractivity contribution in [3.8, 4) is 11.3 Å². The molecule has 0 saturated heterocycles. The van der Waals surface area contributed by atoms with E-state index in [1.807, 2.05) is 37.3 Å². The summed E-state index contributed by atoms with van der Waals surface area (Å²) in [4.78, 5) is 14.6. The molecule has 0 bridgehead atoms. The minimum Gasteiger partial charge on any atom is -0.350 e. The Kier molecular flexibility index (Phi) is 3.84. The molecule has 0 saturated carbocycles. The van der Waals surface area contributed by atoms with E-state index in [9.17, 15) is 9.18 Å². The van der Waals surface area contributed by atoms with Gasteiger partial charge in [-0.15, -0.1) is 0 Å². The number of halogens is 1. The molecule has 2 aromatic carbocycles. The second kappa shape index (κ2) is 6.16. The fourth-order valence-electron chi connectivity index (χ4n) is 3.32. The molecule has 25 heavy (non-hydrogen) atoms. The zero-order valence-electron chi connectivity index (χ0n) is 13.8. The van der Waals surface area contributed by atoms with E-state index in [2.05, 4.69) is 5.16 Å². The fourth-order valence-corrected chi connectivity index (χ4v) is 3.32. The van der Waals surface area contributed by atoms with Crippen molar-refractivity contribution in [1.82, 2.24) is 10.1 Å². The number of fused-ring (bicyclic) bond motifs is 1. The minimum absolute atomic E-state index is 0.200. The summed E-state index contributed by atoms with van der Waals surface area (Å²) in [5.41, 5.74) is 3.45. The van der Waals surface area contributed by atoms with Gasteiger partial charge in [0.05, 0.1) is 6.04 Å². The molecule has 1 aliphatic heterocycles. The number of hydrogen-bond donors (Lipinski definition) is 0. The summed E-state index contributed by atoms with van der Waals surface area (Å²) in [6.07, 6.45) is 0.700. The van der Waals surface area contributed by atoms with Crippen LogP contribution in [0.1, 0.15) is 34.6 Å². The summed E-state index contributed by atoms with van der Waals surface area (Å²) >= 11 is 0. The molecule has 0 aliphatic carbocycles. The molecule has 1 unspecified atom stereocenters. The van der Waals surface area contributed by atoms with Crippen LogP contribution in [0.4, 0.5) is 4.39 Å². The number of carbonyl (C=O) groups is 1.